The van der Waals surface area contributed by atoms with Crippen molar-refractivity contribution < 1.29 is 9.59 Å². The summed E-state index contributed by atoms with van der Waals surface area (Å²) in [7, 11) is 0. The Hall–Kier alpha value is -1.59. The number of nitrogens with one attached hydrogen (secondary N) is 2. The van der Waals surface area contributed by atoms with E-state index >= 15 is 0 Å². The largest absolute Gasteiger partial charge is 0.349 e. The molecule has 0 unspecified atom stereocenters. The lowest BCUT2D eigenvalue weighted by molar-refractivity contribution is -0.116. The average molecular weight is 324 g/mol. The van der Waals surface area contributed by atoms with Gasteiger partial charge in [-0.05, 0) is 31.0 Å². The first-order valence-corrected chi connectivity index (χ1v) is 8.08. The minimum Gasteiger partial charge on any atom is -0.349 e. The molecule has 1 aromatic carbocycles. The predicted molar refractivity (Wildman–Crippen MR) is 88.1 cm³/mol. The molecule has 1 aliphatic carbocycles. The van der Waals surface area contributed by atoms with E-state index < -0.39 is 0 Å². The normalized spacial score (nSPS) is 15.4. The van der Waals surface area contributed by atoms with Crippen LogP contribution in [-0.4, -0.2) is 24.4 Å². The monoisotopic (exact) mass is 323 g/mol. The van der Waals surface area contributed by atoms with Crippen LogP contribution in [-0.2, 0) is 4.79 Å². The van der Waals surface area contributed by atoms with Gasteiger partial charge in [0.05, 0.1) is 10.6 Å². The fourth-order valence-electron chi connectivity index (χ4n) is 2.64. The first-order chi connectivity index (χ1) is 10.6. The second-order valence-electron chi connectivity index (χ2n) is 5.59. The molecule has 0 heterocycles. The summed E-state index contributed by atoms with van der Waals surface area (Å²) in [5.74, 6) is -0.365. The van der Waals surface area contributed by atoms with Gasteiger partial charge in [-0.15, -0.1) is 0 Å². The Bertz CT molecular complexity index is 542. The van der Waals surface area contributed by atoms with Crippen LogP contribution in [0.2, 0.25) is 5.02 Å². The molecule has 6 heteroatoms. The smallest absolute Gasteiger partial charge is 0.253 e. The number of anilines is 1. The Labute approximate surface area is 135 Å². The van der Waals surface area contributed by atoms with E-state index in [9.17, 15) is 9.59 Å². The first kappa shape index (κ1) is 16.8. The number of rotatable bonds is 5. The SMILES string of the molecule is NCCC(=O)Nc1ccc(Cl)c(C(=O)NC2CCCCC2)c1. The third kappa shape index (κ3) is 4.71. The van der Waals surface area contributed by atoms with E-state index in [4.69, 9.17) is 17.3 Å². The van der Waals surface area contributed by atoms with Gasteiger partial charge in [0, 0.05) is 24.7 Å². The van der Waals surface area contributed by atoms with Gasteiger partial charge in [0.1, 0.15) is 0 Å². The fraction of sp³-hybridized carbons (Fsp3) is 0.500. The van der Waals surface area contributed by atoms with Gasteiger partial charge in [0.25, 0.3) is 5.91 Å². The van der Waals surface area contributed by atoms with Gasteiger partial charge < -0.3 is 16.4 Å². The molecule has 0 atom stereocenters. The number of benzene rings is 1. The molecular formula is C16H22ClN3O2. The molecule has 0 spiro atoms. The number of carbonyl (C=O) groups excluding carboxylic acids is 2. The molecule has 1 aliphatic rings. The Morgan fingerprint density at radius 3 is 2.64 bits per heavy atom. The standard InChI is InChI=1S/C16H22ClN3O2/c17-14-7-6-12(19-15(21)8-9-18)10-13(14)16(22)20-11-4-2-1-3-5-11/h6-7,10-11H,1-5,8-9,18H2,(H,19,21)(H,20,22). The maximum Gasteiger partial charge on any atom is 0.253 e. The zero-order valence-corrected chi connectivity index (χ0v) is 13.3. The lowest BCUT2D eigenvalue weighted by atomic mass is 9.95. The zero-order valence-electron chi connectivity index (χ0n) is 12.5. The summed E-state index contributed by atoms with van der Waals surface area (Å²) >= 11 is 6.11. The van der Waals surface area contributed by atoms with Gasteiger partial charge in [0.2, 0.25) is 5.91 Å². The molecule has 0 bridgehead atoms. The zero-order chi connectivity index (χ0) is 15.9. The molecule has 0 aliphatic heterocycles. The Morgan fingerprint density at radius 2 is 1.95 bits per heavy atom. The van der Waals surface area contributed by atoms with Crippen molar-refractivity contribution in [3.05, 3.63) is 28.8 Å². The van der Waals surface area contributed by atoms with E-state index in [-0.39, 0.29) is 30.8 Å². The molecule has 120 valence electrons. The molecule has 2 rings (SSSR count). The number of hydrogen-bond acceptors (Lipinski definition) is 3. The lowest BCUT2D eigenvalue weighted by Gasteiger charge is -2.23. The molecule has 0 radical (unpaired) electrons. The van der Waals surface area contributed by atoms with E-state index in [1.807, 2.05) is 0 Å². The average Bonchev–Trinajstić information content (AvgIpc) is 2.50. The number of hydrogen-bond donors (Lipinski definition) is 3. The lowest BCUT2D eigenvalue weighted by Crippen LogP contribution is -2.36. The van der Waals surface area contributed by atoms with Crippen molar-refractivity contribution in [1.82, 2.24) is 5.32 Å². The number of amides is 2. The van der Waals surface area contributed by atoms with Crippen LogP contribution in [0.1, 0.15) is 48.9 Å². The van der Waals surface area contributed by atoms with Crippen molar-refractivity contribution in [1.29, 1.82) is 0 Å². The third-order valence-corrected chi connectivity index (χ3v) is 4.14. The van der Waals surface area contributed by atoms with Crippen LogP contribution < -0.4 is 16.4 Å². The van der Waals surface area contributed by atoms with Crippen molar-refractivity contribution in [3.8, 4) is 0 Å². The number of nitrogens with two attached hydrogens (primary N) is 1. The van der Waals surface area contributed by atoms with Crippen molar-refractivity contribution in [3.63, 3.8) is 0 Å². The van der Waals surface area contributed by atoms with Gasteiger partial charge in [-0.1, -0.05) is 30.9 Å². The molecule has 0 aromatic heterocycles. The highest BCUT2D eigenvalue weighted by molar-refractivity contribution is 6.34. The Kier molecular flexibility index (Phi) is 6.21. The van der Waals surface area contributed by atoms with Crippen LogP contribution in [0, 0.1) is 0 Å². The molecule has 1 aromatic rings. The van der Waals surface area contributed by atoms with Crippen LogP contribution in [0.5, 0.6) is 0 Å². The van der Waals surface area contributed by atoms with Gasteiger partial charge >= 0.3 is 0 Å². The highest BCUT2D eigenvalue weighted by Gasteiger charge is 2.18. The highest BCUT2D eigenvalue weighted by Crippen LogP contribution is 2.22. The molecule has 22 heavy (non-hydrogen) atoms. The van der Waals surface area contributed by atoms with Crippen LogP contribution in [0.15, 0.2) is 18.2 Å². The van der Waals surface area contributed by atoms with Crippen molar-refractivity contribution in [2.45, 2.75) is 44.6 Å². The molecular weight excluding hydrogens is 302 g/mol. The van der Waals surface area contributed by atoms with E-state index in [1.165, 1.54) is 6.42 Å². The van der Waals surface area contributed by atoms with Gasteiger partial charge in [-0.3, -0.25) is 9.59 Å². The maximum absolute atomic E-state index is 12.4. The fourth-order valence-corrected chi connectivity index (χ4v) is 2.85. The Balaban J connectivity index is 2.05. The van der Waals surface area contributed by atoms with Crippen LogP contribution in [0.4, 0.5) is 5.69 Å². The summed E-state index contributed by atoms with van der Waals surface area (Å²) in [6.07, 6.45) is 5.79. The van der Waals surface area contributed by atoms with Gasteiger partial charge in [-0.2, -0.15) is 0 Å². The summed E-state index contributed by atoms with van der Waals surface area (Å²) in [5, 5.41) is 6.12. The molecule has 4 N–H and O–H groups in total. The molecule has 1 saturated carbocycles. The van der Waals surface area contributed by atoms with Gasteiger partial charge in [-0.25, -0.2) is 0 Å². The number of carbonyl (C=O) groups is 2. The van der Waals surface area contributed by atoms with E-state index in [0.717, 1.165) is 25.7 Å². The maximum atomic E-state index is 12.4. The highest BCUT2D eigenvalue weighted by atomic mass is 35.5. The van der Waals surface area contributed by atoms with Crippen molar-refractivity contribution >= 4 is 29.1 Å². The third-order valence-electron chi connectivity index (χ3n) is 3.81. The van der Waals surface area contributed by atoms with Crippen LogP contribution in [0.3, 0.4) is 0 Å². The van der Waals surface area contributed by atoms with Crippen LogP contribution in [0.25, 0.3) is 0 Å². The summed E-state index contributed by atoms with van der Waals surface area (Å²) in [6.45, 7) is 0.286. The molecule has 1 fully saturated rings. The van der Waals surface area contributed by atoms with Crippen molar-refractivity contribution in [2.24, 2.45) is 5.73 Å². The topological polar surface area (TPSA) is 84.2 Å². The van der Waals surface area contributed by atoms with E-state index in [1.54, 1.807) is 18.2 Å². The number of halogens is 1. The molecule has 2 amide bonds. The predicted octanol–water partition coefficient (Wildman–Crippen LogP) is 2.69. The minimum absolute atomic E-state index is 0.177. The minimum atomic E-state index is -0.188. The Morgan fingerprint density at radius 1 is 1.23 bits per heavy atom. The van der Waals surface area contributed by atoms with Gasteiger partial charge in [0.15, 0.2) is 0 Å². The summed E-state index contributed by atoms with van der Waals surface area (Å²) in [6, 6.07) is 5.12. The molecule has 5 nitrogen and oxygen atoms in total. The molecule has 0 saturated heterocycles. The van der Waals surface area contributed by atoms with Crippen molar-refractivity contribution in [2.75, 3.05) is 11.9 Å². The van der Waals surface area contributed by atoms with E-state index in [0.29, 0.717) is 16.3 Å². The van der Waals surface area contributed by atoms with E-state index in [2.05, 4.69) is 10.6 Å². The first-order valence-electron chi connectivity index (χ1n) is 7.70. The quantitative estimate of drug-likeness (QED) is 0.779. The second kappa shape index (κ2) is 8.15. The van der Waals surface area contributed by atoms with Crippen LogP contribution >= 0.6 is 11.6 Å². The summed E-state index contributed by atoms with van der Waals surface area (Å²) in [5.41, 5.74) is 6.28. The summed E-state index contributed by atoms with van der Waals surface area (Å²) in [4.78, 5) is 23.9. The summed E-state index contributed by atoms with van der Waals surface area (Å²) < 4.78 is 0. The second-order valence-corrected chi connectivity index (χ2v) is 6.00.